The first-order chi connectivity index (χ1) is 14.1. The predicted octanol–water partition coefficient (Wildman–Crippen LogP) is 3.18. The Hall–Kier alpha value is -2.01. The molecule has 0 radical (unpaired) electrons. The highest BCUT2D eigenvalue weighted by molar-refractivity contribution is 7.86. The molecule has 1 unspecified atom stereocenters. The molecule has 1 atom stereocenters. The van der Waals surface area contributed by atoms with Crippen LogP contribution in [0, 0.1) is 0 Å². The van der Waals surface area contributed by atoms with Gasteiger partial charge in [0.15, 0.2) is 10.1 Å². The molecule has 0 heterocycles. The van der Waals surface area contributed by atoms with Gasteiger partial charge in [0, 0.05) is 6.42 Å². The van der Waals surface area contributed by atoms with Gasteiger partial charge in [-0.05, 0) is 26.7 Å². The minimum absolute atomic E-state index is 0.967. The third-order valence-corrected chi connectivity index (χ3v) is 4.30. The Morgan fingerprint density at radius 2 is 1.53 bits per heavy atom. The highest BCUT2D eigenvalue weighted by atomic mass is 32.2. The van der Waals surface area contributed by atoms with Crippen molar-refractivity contribution < 1.29 is 71.9 Å². The Balaban J connectivity index is 5.54. The predicted molar refractivity (Wildman–Crippen MR) is 85.7 cm³/mol. The maximum Gasteiger partial charge on any atom is 0.468 e. The lowest BCUT2D eigenvalue weighted by atomic mass is 10.1. The van der Waals surface area contributed by atoms with E-state index in [1.54, 1.807) is 0 Å². The molecule has 0 spiro atoms. The Kier molecular flexibility index (Phi) is 9.64. The molecule has 0 fully saturated rings. The fourth-order valence-electron chi connectivity index (χ4n) is 1.86. The Morgan fingerprint density at radius 3 is 1.91 bits per heavy atom. The number of unbranched alkanes of at least 4 members (excludes halogenated alkanes) is 1. The van der Waals surface area contributed by atoms with Crippen molar-refractivity contribution in [2.75, 3.05) is 6.61 Å². The van der Waals surface area contributed by atoms with E-state index in [0.717, 1.165) is 13.8 Å². The maximum atomic E-state index is 13.5. The SMILES string of the molecule is C=C(F)C(=O)OC(OCCCCC(F)(F)C(F)(F)S(=O)(=O)[O-])(C(=O)OC(C)C)C(F)(F)F. The summed E-state index contributed by atoms with van der Waals surface area (Å²) in [5, 5.41) is -6.01. The monoisotopic (exact) mass is 509 g/mol. The first-order valence-corrected chi connectivity index (χ1v) is 9.74. The molecule has 17 heteroatoms. The molecule has 0 aliphatic heterocycles. The summed E-state index contributed by atoms with van der Waals surface area (Å²) in [5.74, 6) is -16.8. The van der Waals surface area contributed by atoms with Gasteiger partial charge in [0.05, 0.1) is 12.7 Å². The molecule has 0 aromatic heterocycles. The molecule has 0 rings (SSSR count). The minimum Gasteiger partial charge on any atom is -0.743 e. The lowest BCUT2D eigenvalue weighted by Crippen LogP contribution is -2.58. The van der Waals surface area contributed by atoms with Crippen LogP contribution in [0.15, 0.2) is 12.4 Å². The smallest absolute Gasteiger partial charge is 0.468 e. The van der Waals surface area contributed by atoms with Crippen LogP contribution in [0.3, 0.4) is 0 Å². The first kappa shape index (κ1) is 30.0. The summed E-state index contributed by atoms with van der Waals surface area (Å²) in [5.41, 5.74) is 0. The van der Waals surface area contributed by atoms with Gasteiger partial charge in [0.1, 0.15) is 0 Å². The van der Waals surface area contributed by atoms with Gasteiger partial charge in [0.25, 0.3) is 0 Å². The normalized spacial score (nSPS) is 15.2. The molecule has 0 aromatic rings. The van der Waals surface area contributed by atoms with Gasteiger partial charge in [-0.3, -0.25) is 0 Å². The van der Waals surface area contributed by atoms with E-state index in [1.807, 2.05) is 0 Å². The van der Waals surface area contributed by atoms with Gasteiger partial charge in [-0.1, -0.05) is 6.58 Å². The van der Waals surface area contributed by atoms with Crippen LogP contribution in [-0.4, -0.2) is 60.8 Å². The van der Waals surface area contributed by atoms with E-state index in [2.05, 4.69) is 20.8 Å². The molecule has 0 N–H and O–H groups in total. The molecule has 0 bridgehead atoms. The Labute approximate surface area is 176 Å². The molecule has 8 nitrogen and oxygen atoms in total. The maximum absolute atomic E-state index is 13.5. The van der Waals surface area contributed by atoms with Crippen molar-refractivity contribution in [3.63, 3.8) is 0 Å². The van der Waals surface area contributed by atoms with Crippen LogP contribution in [0.4, 0.5) is 35.1 Å². The molecular weight excluding hydrogens is 492 g/mol. The van der Waals surface area contributed by atoms with E-state index in [0.29, 0.717) is 0 Å². The van der Waals surface area contributed by atoms with Crippen molar-refractivity contribution in [3.8, 4) is 0 Å². The summed E-state index contributed by atoms with van der Waals surface area (Å²) in [7, 11) is -6.77. The fraction of sp³-hybridized carbons (Fsp3) is 0.733. The van der Waals surface area contributed by atoms with Crippen LogP contribution in [0.25, 0.3) is 0 Å². The second kappa shape index (κ2) is 10.3. The topological polar surface area (TPSA) is 119 Å². The summed E-state index contributed by atoms with van der Waals surface area (Å²) in [6.07, 6.45) is -11.2. The van der Waals surface area contributed by atoms with Crippen LogP contribution in [-0.2, 0) is 33.9 Å². The summed E-state index contributed by atoms with van der Waals surface area (Å²) in [6, 6.07) is 0. The van der Waals surface area contributed by atoms with Crippen molar-refractivity contribution >= 4 is 22.1 Å². The number of halogens is 8. The van der Waals surface area contributed by atoms with Crippen LogP contribution in [0.1, 0.15) is 33.1 Å². The van der Waals surface area contributed by atoms with E-state index in [4.69, 9.17) is 0 Å². The summed E-state index contributed by atoms with van der Waals surface area (Å²) in [6.45, 7) is 3.17. The van der Waals surface area contributed by atoms with Gasteiger partial charge in [0.2, 0.25) is 5.83 Å². The Bertz CT molecular complexity index is 809. The first-order valence-electron chi connectivity index (χ1n) is 8.33. The van der Waals surface area contributed by atoms with E-state index in [-0.39, 0.29) is 0 Å². The van der Waals surface area contributed by atoms with Crippen molar-refractivity contribution in [1.29, 1.82) is 0 Å². The van der Waals surface area contributed by atoms with Gasteiger partial charge < -0.3 is 18.8 Å². The van der Waals surface area contributed by atoms with Gasteiger partial charge in [-0.25, -0.2) is 18.0 Å². The summed E-state index contributed by atoms with van der Waals surface area (Å²) >= 11 is 0. The lowest BCUT2D eigenvalue weighted by Gasteiger charge is -2.32. The van der Waals surface area contributed by atoms with E-state index in [9.17, 15) is 57.7 Å². The highest BCUT2D eigenvalue weighted by Crippen LogP contribution is 2.42. The number of hydrogen-bond acceptors (Lipinski definition) is 8. The van der Waals surface area contributed by atoms with Crippen LogP contribution in [0.5, 0.6) is 0 Å². The summed E-state index contributed by atoms with van der Waals surface area (Å²) in [4.78, 5) is 23.2. The number of rotatable bonds is 12. The second-order valence-corrected chi connectivity index (χ2v) is 7.76. The molecular formula is C15H17F8O8S-. The number of alkyl halides is 7. The van der Waals surface area contributed by atoms with E-state index in [1.165, 1.54) is 0 Å². The summed E-state index contributed by atoms with van der Waals surface area (Å²) < 4.78 is 149. The van der Waals surface area contributed by atoms with Crippen molar-refractivity contribution in [1.82, 2.24) is 0 Å². The fourth-order valence-corrected chi connectivity index (χ4v) is 2.32. The molecule has 0 saturated heterocycles. The number of ether oxygens (including phenoxy) is 3. The van der Waals surface area contributed by atoms with Gasteiger partial charge >= 0.3 is 35.1 Å². The van der Waals surface area contributed by atoms with E-state index < -0.39 is 83.0 Å². The highest BCUT2D eigenvalue weighted by Gasteiger charge is 2.68. The molecule has 32 heavy (non-hydrogen) atoms. The average Bonchev–Trinajstić information content (AvgIpc) is 2.56. The Morgan fingerprint density at radius 1 is 1.03 bits per heavy atom. The molecule has 0 saturated carbocycles. The standard InChI is InChI=1S/C15H18F8O8S/c1-8(2)30-11(25)13(14(19,20)21,31-10(24)9(3)16)29-7-5-4-6-12(17,18)15(22,23)32(26,27)28/h8H,3-7H2,1-2H3,(H,26,27,28)/p-1. The zero-order valence-electron chi connectivity index (χ0n) is 16.3. The van der Waals surface area contributed by atoms with Crippen LogP contribution in [0.2, 0.25) is 0 Å². The molecule has 0 amide bonds. The zero-order chi connectivity index (χ0) is 25.8. The van der Waals surface area contributed by atoms with Crippen molar-refractivity contribution in [3.05, 3.63) is 12.4 Å². The van der Waals surface area contributed by atoms with E-state index >= 15 is 0 Å². The number of carbonyl (C=O) groups is 2. The van der Waals surface area contributed by atoms with Crippen LogP contribution < -0.4 is 0 Å². The molecule has 0 aliphatic carbocycles. The number of carbonyl (C=O) groups excluding carboxylic acids is 2. The van der Waals surface area contributed by atoms with Gasteiger partial charge in [-0.15, -0.1) is 0 Å². The quantitative estimate of drug-likeness (QED) is 0.0983. The van der Waals surface area contributed by atoms with Crippen molar-refractivity contribution in [2.24, 2.45) is 0 Å². The largest absolute Gasteiger partial charge is 0.743 e. The van der Waals surface area contributed by atoms with Crippen molar-refractivity contribution in [2.45, 2.75) is 62.4 Å². The minimum atomic E-state index is -6.77. The van der Waals surface area contributed by atoms with Crippen LogP contribution >= 0.6 is 0 Å². The molecule has 0 aromatic carbocycles. The van der Waals surface area contributed by atoms with Gasteiger partial charge in [-0.2, -0.15) is 35.1 Å². The molecule has 0 aliphatic rings. The zero-order valence-corrected chi connectivity index (χ0v) is 17.1. The number of hydrogen-bond donors (Lipinski definition) is 0. The third-order valence-electron chi connectivity index (χ3n) is 3.37. The third kappa shape index (κ3) is 6.99. The number of esters is 2. The second-order valence-electron chi connectivity index (χ2n) is 6.34. The molecule has 188 valence electrons. The average molecular weight is 509 g/mol. The lowest BCUT2D eigenvalue weighted by molar-refractivity contribution is -0.356.